The third kappa shape index (κ3) is 3.25. The molecule has 4 heteroatoms. The second-order valence-corrected chi connectivity index (χ2v) is 8.03. The van der Waals surface area contributed by atoms with Crippen LogP contribution in [0.25, 0.3) is 33.1 Å². The second-order valence-electron chi connectivity index (χ2n) is 6.97. The van der Waals surface area contributed by atoms with Gasteiger partial charge in [-0.05, 0) is 36.1 Å². The first-order chi connectivity index (χ1) is 13.6. The molecule has 0 radical (unpaired) electrons. The summed E-state index contributed by atoms with van der Waals surface area (Å²) in [6.45, 7) is 3.13. The molecule has 0 aliphatic carbocycles. The van der Waals surface area contributed by atoms with Gasteiger partial charge < -0.3 is 9.64 Å². The van der Waals surface area contributed by atoms with Crippen molar-refractivity contribution in [2.24, 2.45) is 0 Å². The zero-order chi connectivity index (χ0) is 19.7. The first kappa shape index (κ1) is 18.5. The molecule has 4 rings (SSSR count). The number of benzene rings is 3. The van der Waals surface area contributed by atoms with Gasteiger partial charge in [-0.15, -0.1) is 0 Å². The van der Waals surface area contributed by atoms with E-state index < -0.39 is 0 Å². The van der Waals surface area contributed by atoms with Gasteiger partial charge in [0.15, 0.2) is 0 Å². The van der Waals surface area contributed by atoms with Crippen LogP contribution in [0, 0.1) is 0 Å². The number of anilines is 1. The molecular weight excluding hydrogens is 364 g/mol. The van der Waals surface area contributed by atoms with Gasteiger partial charge in [0.1, 0.15) is 17.0 Å². The Kier molecular flexibility index (Phi) is 5.05. The minimum Gasteiger partial charge on any atom is -0.497 e. The number of aromatic nitrogens is 1. The summed E-state index contributed by atoms with van der Waals surface area (Å²) >= 11 is 1.80. The third-order valence-corrected chi connectivity index (χ3v) is 6.19. The van der Waals surface area contributed by atoms with Crippen molar-refractivity contribution in [1.29, 1.82) is 0 Å². The highest BCUT2D eigenvalue weighted by molar-refractivity contribution is 7.18. The average molecular weight is 390 g/mol. The smallest absolute Gasteiger partial charge is 0.262 e. The van der Waals surface area contributed by atoms with Gasteiger partial charge in [0, 0.05) is 43.4 Å². The summed E-state index contributed by atoms with van der Waals surface area (Å²) in [5.41, 5.74) is 3.73. The fraction of sp³-hybridized carbons (Fsp3) is 0.208. The van der Waals surface area contributed by atoms with Crippen molar-refractivity contribution in [1.82, 2.24) is 0 Å². The molecule has 0 saturated heterocycles. The van der Waals surface area contributed by atoms with E-state index in [0.717, 1.165) is 12.3 Å². The number of thiazole rings is 1. The number of hydrogen-bond acceptors (Lipinski definition) is 3. The van der Waals surface area contributed by atoms with Crippen LogP contribution in [0.1, 0.15) is 17.5 Å². The number of ether oxygens (including phenoxy) is 1. The standard InChI is InChI=1S/C24H25N2OS/c1-5-26-22-14-12-18(27-4)16-23(22)28-24(26)15-11-17-10-13-21(25(2)3)20-9-7-6-8-19(17)20/h6-16H,5H2,1-4H3/q+1. The van der Waals surface area contributed by atoms with Crippen LogP contribution in [0.5, 0.6) is 5.75 Å². The molecule has 0 atom stereocenters. The van der Waals surface area contributed by atoms with E-state index in [4.69, 9.17) is 4.74 Å². The molecule has 3 aromatic carbocycles. The van der Waals surface area contributed by atoms with Gasteiger partial charge in [-0.1, -0.05) is 41.7 Å². The molecule has 0 fully saturated rings. The fourth-order valence-electron chi connectivity index (χ4n) is 3.67. The largest absolute Gasteiger partial charge is 0.497 e. The van der Waals surface area contributed by atoms with E-state index in [1.165, 1.54) is 37.2 Å². The van der Waals surface area contributed by atoms with Crippen LogP contribution < -0.4 is 14.2 Å². The Balaban J connectivity index is 1.80. The topological polar surface area (TPSA) is 16.4 Å². The molecule has 3 nitrogen and oxygen atoms in total. The highest BCUT2D eigenvalue weighted by Crippen LogP contribution is 2.30. The van der Waals surface area contributed by atoms with E-state index in [-0.39, 0.29) is 0 Å². The molecule has 0 aliphatic rings. The normalized spacial score (nSPS) is 11.6. The summed E-state index contributed by atoms with van der Waals surface area (Å²) in [5.74, 6) is 0.901. The lowest BCUT2D eigenvalue weighted by molar-refractivity contribution is -0.665. The van der Waals surface area contributed by atoms with Gasteiger partial charge in [-0.25, -0.2) is 0 Å². The Labute approximate surface area is 170 Å². The highest BCUT2D eigenvalue weighted by Gasteiger charge is 2.17. The Morgan fingerprint density at radius 3 is 2.50 bits per heavy atom. The first-order valence-electron chi connectivity index (χ1n) is 9.50. The number of aryl methyl sites for hydroxylation is 1. The number of methoxy groups -OCH3 is 1. The Morgan fingerprint density at radius 2 is 1.79 bits per heavy atom. The lowest BCUT2D eigenvalue weighted by atomic mass is 10.0. The quantitative estimate of drug-likeness (QED) is 0.413. The first-order valence-corrected chi connectivity index (χ1v) is 10.3. The number of rotatable bonds is 5. The van der Waals surface area contributed by atoms with Gasteiger partial charge >= 0.3 is 0 Å². The molecule has 1 heterocycles. The van der Waals surface area contributed by atoms with Gasteiger partial charge in [0.05, 0.1) is 7.11 Å². The maximum absolute atomic E-state index is 5.39. The van der Waals surface area contributed by atoms with Crippen molar-refractivity contribution in [3.05, 3.63) is 65.2 Å². The van der Waals surface area contributed by atoms with E-state index in [1.54, 1.807) is 18.4 Å². The van der Waals surface area contributed by atoms with Crippen molar-refractivity contribution in [2.75, 3.05) is 26.1 Å². The molecule has 28 heavy (non-hydrogen) atoms. The number of nitrogens with zero attached hydrogens (tertiary/aromatic N) is 2. The predicted octanol–water partition coefficient (Wildman–Crippen LogP) is 5.61. The van der Waals surface area contributed by atoms with E-state index in [1.807, 2.05) is 6.07 Å². The Morgan fingerprint density at radius 1 is 1.00 bits per heavy atom. The van der Waals surface area contributed by atoms with E-state index in [0.29, 0.717) is 0 Å². The average Bonchev–Trinajstić information content (AvgIpc) is 3.08. The Hall–Kier alpha value is -2.85. The van der Waals surface area contributed by atoms with Crippen LogP contribution in [0.2, 0.25) is 0 Å². The highest BCUT2D eigenvalue weighted by atomic mass is 32.1. The Bertz CT molecular complexity index is 1170. The van der Waals surface area contributed by atoms with Gasteiger partial charge in [0.2, 0.25) is 5.52 Å². The maximum atomic E-state index is 5.39. The van der Waals surface area contributed by atoms with Gasteiger partial charge in [-0.2, -0.15) is 4.57 Å². The minimum atomic E-state index is 0.901. The van der Waals surface area contributed by atoms with Crippen molar-refractivity contribution < 1.29 is 9.30 Å². The summed E-state index contributed by atoms with van der Waals surface area (Å²) in [7, 11) is 5.89. The van der Waals surface area contributed by atoms with Crippen LogP contribution in [0.15, 0.2) is 54.6 Å². The van der Waals surface area contributed by atoms with Crippen molar-refractivity contribution in [3.63, 3.8) is 0 Å². The summed E-state index contributed by atoms with van der Waals surface area (Å²) in [5, 5.41) is 3.79. The minimum absolute atomic E-state index is 0.901. The van der Waals surface area contributed by atoms with Gasteiger partial charge in [-0.3, -0.25) is 0 Å². The summed E-state index contributed by atoms with van der Waals surface area (Å²) < 4.78 is 8.99. The van der Waals surface area contributed by atoms with Gasteiger partial charge in [0.25, 0.3) is 5.01 Å². The molecule has 0 unspecified atom stereocenters. The van der Waals surface area contributed by atoms with Crippen molar-refractivity contribution in [3.8, 4) is 5.75 Å². The van der Waals surface area contributed by atoms with Crippen LogP contribution in [-0.4, -0.2) is 21.2 Å². The van der Waals surface area contributed by atoms with E-state index in [2.05, 4.69) is 91.2 Å². The predicted molar refractivity (Wildman–Crippen MR) is 121 cm³/mol. The van der Waals surface area contributed by atoms with E-state index in [9.17, 15) is 0 Å². The molecule has 0 aliphatic heterocycles. The molecule has 1 aromatic heterocycles. The van der Waals surface area contributed by atoms with Crippen LogP contribution in [0.4, 0.5) is 5.69 Å². The fourth-order valence-corrected chi connectivity index (χ4v) is 4.82. The molecule has 142 valence electrons. The van der Waals surface area contributed by atoms with Crippen molar-refractivity contribution >= 4 is 50.2 Å². The van der Waals surface area contributed by atoms with Crippen LogP contribution in [0.3, 0.4) is 0 Å². The summed E-state index contributed by atoms with van der Waals surface area (Å²) in [4.78, 5) is 2.17. The summed E-state index contributed by atoms with van der Waals surface area (Å²) in [6, 6.07) is 19.3. The lowest BCUT2D eigenvalue weighted by Crippen LogP contribution is -2.33. The zero-order valence-electron chi connectivity index (χ0n) is 16.8. The summed E-state index contributed by atoms with van der Waals surface area (Å²) in [6.07, 6.45) is 4.47. The molecule has 0 amide bonds. The SMILES string of the molecule is CC[n+]1c(/C=C/c2ccc(N(C)C)c3ccccc23)sc2cc(OC)ccc21. The van der Waals surface area contributed by atoms with Crippen LogP contribution in [-0.2, 0) is 6.54 Å². The molecule has 0 N–H and O–H groups in total. The number of hydrogen-bond donors (Lipinski definition) is 0. The van der Waals surface area contributed by atoms with Crippen LogP contribution >= 0.6 is 11.3 Å². The third-order valence-electron chi connectivity index (χ3n) is 5.08. The van der Waals surface area contributed by atoms with E-state index >= 15 is 0 Å². The second kappa shape index (κ2) is 7.64. The maximum Gasteiger partial charge on any atom is 0.262 e. The molecule has 4 aromatic rings. The lowest BCUT2D eigenvalue weighted by Gasteiger charge is -2.16. The molecular formula is C24H25N2OS+. The number of fused-ring (bicyclic) bond motifs is 2. The molecule has 0 spiro atoms. The van der Waals surface area contributed by atoms with Crippen molar-refractivity contribution in [2.45, 2.75) is 13.5 Å². The zero-order valence-corrected chi connectivity index (χ0v) is 17.6. The molecule has 0 bridgehead atoms. The monoisotopic (exact) mass is 389 g/mol. The molecule has 0 saturated carbocycles.